The van der Waals surface area contributed by atoms with Gasteiger partial charge in [0.1, 0.15) is 0 Å². The normalized spacial score (nSPS) is 16.6. The summed E-state index contributed by atoms with van der Waals surface area (Å²) in [4.78, 5) is 16.6. The molecule has 0 radical (unpaired) electrons. The fourth-order valence-electron chi connectivity index (χ4n) is 2.18. The van der Waals surface area contributed by atoms with E-state index in [9.17, 15) is 9.90 Å². The third kappa shape index (κ3) is 1.98. The number of carbonyl (C=O) groups is 1. The zero-order valence-corrected chi connectivity index (χ0v) is 10.9. The number of pyridine rings is 1. The molecule has 0 unspecified atom stereocenters. The maximum atomic E-state index is 12.4. The highest BCUT2D eigenvalue weighted by atomic mass is 16.5. The lowest BCUT2D eigenvalue weighted by molar-refractivity contribution is 0.0908. The predicted molar refractivity (Wildman–Crippen MR) is 67.8 cm³/mol. The Labute approximate surface area is 109 Å². The molecule has 1 aliphatic rings. The summed E-state index contributed by atoms with van der Waals surface area (Å²) in [6.45, 7) is 3.54. The Balaban J connectivity index is 2.04. The number of aryl methyl sites for hydroxylation is 2. The van der Waals surface area contributed by atoms with E-state index in [1.807, 2.05) is 0 Å². The maximum absolute atomic E-state index is 12.4. The highest BCUT2D eigenvalue weighted by molar-refractivity contribution is 6.06. The van der Waals surface area contributed by atoms with Gasteiger partial charge in [-0.3, -0.25) is 4.79 Å². The van der Waals surface area contributed by atoms with Crippen molar-refractivity contribution in [1.29, 1.82) is 0 Å². The molecule has 0 spiro atoms. The summed E-state index contributed by atoms with van der Waals surface area (Å²) in [7, 11) is 0. The van der Waals surface area contributed by atoms with Crippen LogP contribution < -0.4 is 5.32 Å². The molecule has 6 heteroatoms. The molecule has 2 N–H and O–H groups in total. The van der Waals surface area contributed by atoms with Gasteiger partial charge in [-0.15, -0.1) is 0 Å². The molecule has 1 saturated carbocycles. The lowest BCUT2D eigenvalue weighted by Gasteiger charge is -2.14. The quantitative estimate of drug-likeness (QED) is 0.863. The van der Waals surface area contributed by atoms with Crippen LogP contribution in [-0.4, -0.2) is 33.3 Å². The van der Waals surface area contributed by atoms with Crippen molar-refractivity contribution in [2.45, 2.75) is 32.2 Å². The predicted octanol–water partition coefficient (Wildman–Crippen LogP) is 1.09. The zero-order valence-electron chi connectivity index (χ0n) is 10.9. The second-order valence-corrected chi connectivity index (χ2v) is 5.15. The lowest BCUT2D eigenvalue weighted by Crippen LogP contribution is -2.39. The van der Waals surface area contributed by atoms with Crippen LogP contribution in [0.4, 0.5) is 0 Å². The van der Waals surface area contributed by atoms with E-state index in [0.717, 1.165) is 12.8 Å². The number of nitrogens with zero attached hydrogens (tertiary/aromatic N) is 2. The van der Waals surface area contributed by atoms with Gasteiger partial charge in [0, 0.05) is 5.69 Å². The van der Waals surface area contributed by atoms with Crippen molar-refractivity contribution in [1.82, 2.24) is 15.5 Å². The van der Waals surface area contributed by atoms with Gasteiger partial charge in [-0.25, -0.2) is 4.98 Å². The standard InChI is InChI=1S/C13H15N3O3/c1-7-5-9(10-8(2)16-19-12(10)14-7)11(18)15-13(6-17)3-4-13/h5,17H,3-4,6H2,1-2H3,(H,15,18). The van der Waals surface area contributed by atoms with E-state index in [1.54, 1.807) is 19.9 Å². The second-order valence-electron chi connectivity index (χ2n) is 5.15. The molecule has 1 fully saturated rings. The fraction of sp³-hybridized carbons (Fsp3) is 0.462. The molecule has 3 rings (SSSR count). The molecular weight excluding hydrogens is 246 g/mol. The number of aliphatic hydroxyl groups excluding tert-OH is 1. The van der Waals surface area contributed by atoms with E-state index in [0.29, 0.717) is 28.1 Å². The largest absolute Gasteiger partial charge is 0.394 e. The minimum atomic E-state index is -0.439. The van der Waals surface area contributed by atoms with Crippen molar-refractivity contribution >= 4 is 17.0 Å². The topological polar surface area (TPSA) is 88.2 Å². The number of fused-ring (bicyclic) bond motifs is 1. The van der Waals surface area contributed by atoms with Crippen LogP contribution in [0.2, 0.25) is 0 Å². The number of carbonyl (C=O) groups excluding carboxylic acids is 1. The van der Waals surface area contributed by atoms with Crippen molar-refractivity contribution < 1.29 is 14.4 Å². The van der Waals surface area contributed by atoms with Crippen LogP contribution in [0.1, 0.15) is 34.6 Å². The van der Waals surface area contributed by atoms with Gasteiger partial charge in [0.25, 0.3) is 11.6 Å². The third-order valence-electron chi connectivity index (χ3n) is 3.52. The summed E-state index contributed by atoms with van der Waals surface area (Å²) < 4.78 is 5.10. The Morgan fingerprint density at radius 1 is 1.53 bits per heavy atom. The minimum absolute atomic E-state index is 0.0332. The highest BCUT2D eigenvalue weighted by Gasteiger charge is 2.43. The van der Waals surface area contributed by atoms with Crippen molar-refractivity contribution in [3.63, 3.8) is 0 Å². The van der Waals surface area contributed by atoms with Crippen LogP contribution in [0.15, 0.2) is 10.6 Å². The smallest absolute Gasteiger partial charge is 0.258 e. The maximum Gasteiger partial charge on any atom is 0.258 e. The van der Waals surface area contributed by atoms with Crippen molar-refractivity contribution in [3.8, 4) is 0 Å². The van der Waals surface area contributed by atoms with Crippen LogP contribution in [0, 0.1) is 13.8 Å². The molecule has 0 aliphatic heterocycles. The van der Waals surface area contributed by atoms with E-state index >= 15 is 0 Å². The van der Waals surface area contributed by atoms with E-state index in [4.69, 9.17) is 4.52 Å². The van der Waals surface area contributed by atoms with Gasteiger partial charge in [-0.1, -0.05) is 5.16 Å². The summed E-state index contributed by atoms with van der Waals surface area (Å²) in [5, 5.41) is 16.6. The van der Waals surface area contributed by atoms with Gasteiger partial charge >= 0.3 is 0 Å². The average Bonchev–Trinajstić information content (AvgIpc) is 3.06. The lowest BCUT2D eigenvalue weighted by atomic mass is 10.1. The summed E-state index contributed by atoms with van der Waals surface area (Å²) in [5.41, 5.74) is 1.77. The van der Waals surface area contributed by atoms with Gasteiger partial charge in [0.05, 0.1) is 28.8 Å². The third-order valence-corrected chi connectivity index (χ3v) is 3.52. The number of aromatic nitrogens is 2. The molecule has 0 saturated heterocycles. The Morgan fingerprint density at radius 3 is 2.89 bits per heavy atom. The molecule has 1 amide bonds. The first-order valence-electron chi connectivity index (χ1n) is 6.22. The van der Waals surface area contributed by atoms with E-state index < -0.39 is 5.54 Å². The number of hydrogen-bond acceptors (Lipinski definition) is 5. The molecule has 2 heterocycles. The van der Waals surface area contributed by atoms with Crippen LogP contribution in [0.25, 0.3) is 11.1 Å². The Bertz CT molecular complexity index is 658. The van der Waals surface area contributed by atoms with E-state index in [-0.39, 0.29) is 12.5 Å². The van der Waals surface area contributed by atoms with Crippen LogP contribution >= 0.6 is 0 Å². The van der Waals surface area contributed by atoms with Crippen LogP contribution in [-0.2, 0) is 0 Å². The number of amides is 1. The summed E-state index contributed by atoms with van der Waals surface area (Å²) in [5.74, 6) is -0.214. The van der Waals surface area contributed by atoms with Gasteiger partial charge in [0.15, 0.2) is 0 Å². The molecular formula is C13H15N3O3. The summed E-state index contributed by atoms with van der Waals surface area (Å²) in [6.07, 6.45) is 1.62. The monoisotopic (exact) mass is 261 g/mol. The molecule has 0 aromatic carbocycles. The molecule has 2 aromatic rings. The van der Waals surface area contributed by atoms with Crippen molar-refractivity contribution in [3.05, 3.63) is 23.0 Å². The van der Waals surface area contributed by atoms with Crippen molar-refractivity contribution in [2.75, 3.05) is 6.61 Å². The molecule has 6 nitrogen and oxygen atoms in total. The van der Waals surface area contributed by atoms with Gasteiger partial charge in [-0.2, -0.15) is 0 Å². The van der Waals surface area contributed by atoms with E-state index in [2.05, 4.69) is 15.5 Å². The average molecular weight is 261 g/mol. The number of nitrogens with one attached hydrogen (secondary N) is 1. The Hall–Kier alpha value is -1.95. The first kappa shape index (κ1) is 12.1. The summed E-state index contributed by atoms with van der Waals surface area (Å²) in [6, 6.07) is 1.72. The van der Waals surface area contributed by atoms with Crippen LogP contribution in [0.5, 0.6) is 0 Å². The molecule has 2 aromatic heterocycles. The molecule has 100 valence electrons. The number of rotatable bonds is 3. The second kappa shape index (κ2) is 4.03. The number of aliphatic hydroxyl groups is 1. The minimum Gasteiger partial charge on any atom is -0.394 e. The fourth-order valence-corrected chi connectivity index (χ4v) is 2.18. The number of hydrogen-bond donors (Lipinski definition) is 2. The van der Waals surface area contributed by atoms with Gasteiger partial charge in [-0.05, 0) is 32.8 Å². The molecule has 0 atom stereocenters. The highest BCUT2D eigenvalue weighted by Crippen LogP contribution is 2.35. The van der Waals surface area contributed by atoms with Crippen LogP contribution in [0.3, 0.4) is 0 Å². The van der Waals surface area contributed by atoms with Gasteiger partial charge < -0.3 is 14.9 Å². The first-order chi connectivity index (χ1) is 9.04. The zero-order chi connectivity index (χ0) is 13.6. The van der Waals surface area contributed by atoms with E-state index in [1.165, 1.54) is 0 Å². The molecule has 1 aliphatic carbocycles. The Morgan fingerprint density at radius 2 is 2.26 bits per heavy atom. The SMILES string of the molecule is Cc1cc(C(=O)NC2(CO)CC2)c2c(C)noc2n1. The van der Waals surface area contributed by atoms with Crippen molar-refractivity contribution in [2.24, 2.45) is 0 Å². The first-order valence-corrected chi connectivity index (χ1v) is 6.22. The van der Waals surface area contributed by atoms with Gasteiger partial charge in [0.2, 0.25) is 0 Å². The Kier molecular flexibility index (Phi) is 2.56. The molecule has 0 bridgehead atoms. The summed E-state index contributed by atoms with van der Waals surface area (Å²) >= 11 is 0. The molecule has 19 heavy (non-hydrogen) atoms.